The maximum absolute atomic E-state index is 13.0. The maximum atomic E-state index is 13.0. The molecule has 40 heavy (non-hydrogen) atoms. The van der Waals surface area contributed by atoms with Gasteiger partial charge in [-0.1, -0.05) is 13.3 Å². The van der Waals surface area contributed by atoms with Gasteiger partial charge in [0.2, 0.25) is 0 Å². The summed E-state index contributed by atoms with van der Waals surface area (Å²) in [6.07, 6.45) is 3.28. The molecule has 0 aliphatic heterocycles. The largest absolute Gasteiger partial charge is 0.494 e. The van der Waals surface area contributed by atoms with Crippen LogP contribution in [0.15, 0.2) is 70.2 Å². The highest BCUT2D eigenvalue weighted by molar-refractivity contribution is 9.10. The molecule has 0 bridgehead atoms. The number of carbonyl (C=O) groups excluding carboxylic acids is 3. The van der Waals surface area contributed by atoms with E-state index in [0.29, 0.717) is 33.8 Å². The molecular weight excluding hydrogens is 587 g/mol. The molecule has 0 spiro atoms. The summed E-state index contributed by atoms with van der Waals surface area (Å²) in [5.74, 6) is -1.49. The lowest BCUT2D eigenvalue weighted by Crippen LogP contribution is -2.32. The smallest absolute Gasteiger partial charge is 0.329 e. The second kappa shape index (κ2) is 15.2. The fourth-order valence-electron chi connectivity index (χ4n) is 3.20. The zero-order valence-corrected chi connectivity index (χ0v) is 23.4. The molecule has 0 heterocycles. The number of nitrogens with zero attached hydrogens (tertiary/aromatic N) is 1. The van der Waals surface area contributed by atoms with Crippen molar-refractivity contribution in [2.75, 3.05) is 31.0 Å². The van der Waals surface area contributed by atoms with E-state index in [0.717, 1.165) is 12.8 Å². The minimum atomic E-state index is -0.960. The van der Waals surface area contributed by atoms with E-state index in [1.807, 2.05) is 0 Å². The molecule has 3 N–H and O–H groups in total. The van der Waals surface area contributed by atoms with Gasteiger partial charge in [0.25, 0.3) is 5.91 Å². The van der Waals surface area contributed by atoms with Crippen molar-refractivity contribution in [2.45, 2.75) is 19.8 Å². The van der Waals surface area contributed by atoms with Gasteiger partial charge >= 0.3 is 11.8 Å². The Morgan fingerprint density at radius 2 is 1.62 bits per heavy atom. The Balaban J connectivity index is 1.52. The lowest BCUT2D eigenvalue weighted by Gasteiger charge is -2.13. The highest BCUT2D eigenvalue weighted by Gasteiger charge is 2.15. The first-order valence-corrected chi connectivity index (χ1v) is 13.0. The Labute approximate surface area is 239 Å². The van der Waals surface area contributed by atoms with Crippen molar-refractivity contribution < 1.29 is 33.0 Å². The zero-order chi connectivity index (χ0) is 28.9. The monoisotopic (exact) mass is 614 g/mol. The SMILES string of the molecule is CCCCOc1ccc(NC(=O)C(=O)N/N=C\c2cc(Br)c(OCC(=O)Nc3ccc(F)cc3)c(OC)c2)cc1. The Bertz CT molecular complexity index is 1350. The Kier molecular flexibility index (Phi) is 11.5. The summed E-state index contributed by atoms with van der Waals surface area (Å²) in [4.78, 5) is 36.5. The van der Waals surface area contributed by atoms with E-state index in [2.05, 4.69) is 44.0 Å². The molecule has 10 nitrogen and oxygen atoms in total. The van der Waals surface area contributed by atoms with Gasteiger partial charge in [0.05, 0.1) is 24.4 Å². The molecule has 12 heteroatoms. The van der Waals surface area contributed by atoms with Crippen LogP contribution < -0.4 is 30.3 Å². The van der Waals surface area contributed by atoms with Gasteiger partial charge in [0, 0.05) is 11.4 Å². The number of hydrogen-bond acceptors (Lipinski definition) is 7. The van der Waals surface area contributed by atoms with Crippen molar-refractivity contribution in [3.63, 3.8) is 0 Å². The number of methoxy groups -OCH3 is 1. The van der Waals surface area contributed by atoms with Gasteiger partial charge in [-0.25, -0.2) is 9.82 Å². The van der Waals surface area contributed by atoms with E-state index >= 15 is 0 Å². The number of benzene rings is 3. The van der Waals surface area contributed by atoms with Crippen molar-refractivity contribution in [3.05, 3.63) is 76.5 Å². The minimum absolute atomic E-state index is 0.263. The third-order valence-corrected chi connectivity index (χ3v) is 5.78. The summed E-state index contributed by atoms with van der Waals surface area (Å²) in [6.45, 7) is 2.35. The summed E-state index contributed by atoms with van der Waals surface area (Å²) >= 11 is 3.37. The summed E-state index contributed by atoms with van der Waals surface area (Å²) < 4.78 is 30.0. The molecule has 3 aromatic rings. The van der Waals surface area contributed by atoms with Crippen LogP contribution in [0.4, 0.5) is 15.8 Å². The number of ether oxygens (including phenoxy) is 3. The molecule has 0 saturated carbocycles. The van der Waals surface area contributed by atoms with E-state index in [-0.39, 0.29) is 18.1 Å². The Hall–Kier alpha value is -4.45. The van der Waals surface area contributed by atoms with Gasteiger partial charge in [-0.05, 0) is 88.6 Å². The number of anilines is 2. The van der Waals surface area contributed by atoms with Crippen molar-refractivity contribution in [1.82, 2.24) is 5.43 Å². The molecule has 210 valence electrons. The number of amides is 3. The Morgan fingerprint density at radius 1 is 0.950 bits per heavy atom. The predicted molar refractivity (Wildman–Crippen MR) is 152 cm³/mol. The van der Waals surface area contributed by atoms with Crippen LogP contribution in [-0.2, 0) is 14.4 Å². The molecule has 0 radical (unpaired) electrons. The molecule has 0 fully saturated rings. The molecular formula is C28H28BrFN4O6. The van der Waals surface area contributed by atoms with Crippen LogP contribution in [0, 0.1) is 5.82 Å². The fourth-order valence-corrected chi connectivity index (χ4v) is 3.77. The molecule has 0 aliphatic carbocycles. The van der Waals surface area contributed by atoms with Gasteiger partial charge in [0.1, 0.15) is 11.6 Å². The van der Waals surface area contributed by atoms with Crippen molar-refractivity contribution >= 4 is 51.2 Å². The summed E-state index contributed by atoms with van der Waals surface area (Å²) in [5, 5.41) is 8.90. The average Bonchev–Trinajstić information content (AvgIpc) is 2.94. The highest BCUT2D eigenvalue weighted by atomic mass is 79.9. The summed E-state index contributed by atoms with van der Waals surface area (Å²) in [7, 11) is 1.42. The molecule has 3 rings (SSSR count). The lowest BCUT2D eigenvalue weighted by molar-refractivity contribution is -0.136. The Morgan fingerprint density at radius 3 is 2.30 bits per heavy atom. The summed E-state index contributed by atoms with van der Waals surface area (Å²) in [6, 6.07) is 15.2. The molecule has 0 aliphatic rings. The second-order valence-corrected chi connectivity index (χ2v) is 9.11. The van der Waals surface area contributed by atoms with E-state index in [1.54, 1.807) is 36.4 Å². The number of carbonyl (C=O) groups is 3. The first-order valence-electron chi connectivity index (χ1n) is 12.2. The van der Waals surface area contributed by atoms with Crippen LogP contribution in [0.2, 0.25) is 0 Å². The van der Waals surface area contributed by atoms with E-state index in [4.69, 9.17) is 14.2 Å². The van der Waals surface area contributed by atoms with Crippen LogP contribution in [0.25, 0.3) is 0 Å². The standard InChI is InChI=1S/C28H28BrFN4O6/c1-3-4-13-39-22-11-9-21(10-12-22)33-27(36)28(37)34-31-16-18-14-23(29)26(24(15-18)38-2)40-17-25(35)32-20-7-5-19(30)6-8-20/h5-12,14-16H,3-4,13,17H2,1-2H3,(H,32,35)(H,33,36)(H,34,37)/b31-16-. The number of halogens is 2. The normalized spacial score (nSPS) is 10.6. The van der Waals surface area contributed by atoms with Crippen LogP contribution in [0.3, 0.4) is 0 Å². The topological polar surface area (TPSA) is 127 Å². The molecule has 3 aromatic carbocycles. The lowest BCUT2D eigenvalue weighted by atomic mass is 10.2. The van der Waals surface area contributed by atoms with E-state index in [1.165, 1.54) is 37.6 Å². The molecule has 0 unspecified atom stereocenters. The third kappa shape index (κ3) is 9.38. The molecule has 0 aromatic heterocycles. The molecule has 0 atom stereocenters. The van der Waals surface area contributed by atoms with Crippen molar-refractivity contribution in [1.29, 1.82) is 0 Å². The number of hydrogen-bond donors (Lipinski definition) is 3. The predicted octanol–water partition coefficient (Wildman–Crippen LogP) is 4.88. The minimum Gasteiger partial charge on any atom is -0.494 e. The average molecular weight is 615 g/mol. The number of nitrogens with one attached hydrogen (secondary N) is 3. The van der Waals surface area contributed by atoms with Crippen molar-refractivity contribution in [3.8, 4) is 17.2 Å². The van der Waals surface area contributed by atoms with E-state index in [9.17, 15) is 18.8 Å². The van der Waals surface area contributed by atoms with Crippen LogP contribution >= 0.6 is 15.9 Å². The second-order valence-electron chi connectivity index (χ2n) is 8.26. The zero-order valence-electron chi connectivity index (χ0n) is 21.8. The van der Waals surface area contributed by atoms with Gasteiger partial charge < -0.3 is 24.8 Å². The highest BCUT2D eigenvalue weighted by Crippen LogP contribution is 2.36. The van der Waals surface area contributed by atoms with Crippen LogP contribution in [0.5, 0.6) is 17.2 Å². The summed E-state index contributed by atoms with van der Waals surface area (Å²) in [5.41, 5.74) is 3.53. The van der Waals surface area contributed by atoms with Gasteiger partial charge in [-0.2, -0.15) is 5.10 Å². The number of unbranched alkanes of at least 4 members (excludes halogenated alkanes) is 1. The molecule has 3 amide bonds. The van der Waals surface area contributed by atoms with E-state index < -0.39 is 23.5 Å². The fraction of sp³-hybridized carbons (Fsp3) is 0.214. The van der Waals surface area contributed by atoms with Gasteiger partial charge in [-0.15, -0.1) is 0 Å². The van der Waals surface area contributed by atoms with Gasteiger partial charge in [-0.3, -0.25) is 14.4 Å². The maximum Gasteiger partial charge on any atom is 0.329 e. The first-order chi connectivity index (χ1) is 19.3. The molecule has 0 saturated heterocycles. The van der Waals surface area contributed by atoms with Gasteiger partial charge in [0.15, 0.2) is 18.1 Å². The van der Waals surface area contributed by atoms with Crippen LogP contribution in [-0.4, -0.2) is 44.3 Å². The number of hydrazone groups is 1. The number of rotatable bonds is 12. The van der Waals surface area contributed by atoms with Crippen LogP contribution in [0.1, 0.15) is 25.3 Å². The first kappa shape index (κ1) is 30.1. The van der Waals surface area contributed by atoms with Crippen molar-refractivity contribution in [2.24, 2.45) is 5.10 Å². The quantitative estimate of drug-likeness (QED) is 0.115. The third-order valence-electron chi connectivity index (χ3n) is 5.19.